The summed E-state index contributed by atoms with van der Waals surface area (Å²) in [6, 6.07) is 8.28. The lowest BCUT2D eigenvalue weighted by atomic mass is 9.82. The number of rotatable bonds is 8. The van der Waals surface area contributed by atoms with Gasteiger partial charge in [0.1, 0.15) is 31.0 Å². The second-order valence-corrected chi connectivity index (χ2v) is 8.86. The predicted octanol–water partition coefficient (Wildman–Crippen LogP) is -1.00. The molecule has 2 heterocycles. The first-order chi connectivity index (χ1) is 17.8. The number of carbonyl (C=O) groups is 2. The van der Waals surface area contributed by atoms with Crippen LogP contribution in [0.1, 0.15) is 17.3 Å². The van der Waals surface area contributed by atoms with Gasteiger partial charge in [0.05, 0.1) is 42.6 Å². The summed E-state index contributed by atoms with van der Waals surface area (Å²) in [6.07, 6.45) is -7.67. The molecule has 12 heteroatoms. The molecule has 0 saturated carbocycles. The van der Waals surface area contributed by atoms with Crippen molar-refractivity contribution >= 4 is 11.9 Å². The summed E-state index contributed by atoms with van der Waals surface area (Å²) in [5.74, 6) is -3.09. The van der Waals surface area contributed by atoms with Gasteiger partial charge in [-0.05, 0) is 24.6 Å². The quantitative estimate of drug-likeness (QED) is 0.208. The fraction of sp³-hybridized carbons (Fsp3) is 0.520. The van der Waals surface area contributed by atoms with Crippen molar-refractivity contribution in [1.29, 1.82) is 0 Å². The van der Waals surface area contributed by atoms with Gasteiger partial charge in [-0.15, -0.1) is 0 Å². The smallest absolute Gasteiger partial charge is 0.338 e. The van der Waals surface area contributed by atoms with E-state index in [1.807, 2.05) is 0 Å². The first-order valence-electron chi connectivity index (χ1n) is 11.9. The fourth-order valence-electron chi connectivity index (χ4n) is 4.68. The van der Waals surface area contributed by atoms with Crippen molar-refractivity contribution in [3.05, 3.63) is 59.4 Å². The van der Waals surface area contributed by atoms with Crippen LogP contribution in [-0.2, 0) is 28.5 Å². The third-order valence-electron chi connectivity index (χ3n) is 6.56. The number of carbonyl (C=O) groups excluding carboxylic acids is 2. The SMILES string of the molecule is CCOC(=O)C1=COC(O[C@@H]2O[C@H](CO)[C@@H](O)[C@H](O)[C@H]2O)[C@@H]2C(COC(=O)c3ccccc3)=C[C@H](O)[C@H]12. The highest BCUT2D eigenvalue weighted by atomic mass is 16.8. The van der Waals surface area contributed by atoms with Crippen LogP contribution in [-0.4, -0.2) is 100 Å². The van der Waals surface area contributed by atoms with Gasteiger partial charge < -0.3 is 49.2 Å². The molecule has 1 fully saturated rings. The molecule has 1 aromatic carbocycles. The van der Waals surface area contributed by atoms with Crippen LogP contribution in [0.15, 0.2) is 53.8 Å². The van der Waals surface area contributed by atoms with Crippen LogP contribution in [0.4, 0.5) is 0 Å². The Morgan fingerprint density at radius 1 is 0.919 bits per heavy atom. The van der Waals surface area contributed by atoms with E-state index in [1.54, 1.807) is 37.3 Å². The molecule has 202 valence electrons. The van der Waals surface area contributed by atoms with Crippen LogP contribution in [0.3, 0.4) is 0 Å². The Labute approximate surface area is 212 Å². The molecule has 1 saturated heterocycles. The van der Waals surface area contributed by atoms with Gasteiger partial charge in [-0.2, -0.15) is 0 Å². The lowest BCUT2D eigenvalue weighted by Gasteiger charge is -2.43. The fourth-order valence-corrected chi connectivity index (χ4v) is 4.68. The Hall–Kier alpha value is -2.84. The van der Waals surface area contributed by atoms with Crippen molar-refractivity contribution in [2.24, 2.45) is 11.8 Å². The topological polar surface area (TPSA) is 181 Å². The molecule has 0 spiro atoms. The van der Waals surface area contributed by atoms with E-state index in [4.69, 9.17) is 23.7 Å². The van der Waals surface area contributed by atoms with Gasteiger partial charge in [0, 0.05) is 5.92 Å². The number of hydrogen-bond donors (Lipinski definition) is 5. The Kier molecular flexibility index (Phi) is 8.60. The highest BCUT2D eigenvalue weighted by Crippen LogP contribution is 2.45. The molecule has 2 aliphatic heterocycles. The molecule has 3 aliphatic rings. The predicted molar refractivity (Wildman–Crippen MR) is 122 cm³/mol. The lowest BCUT2D eigenvalue weighted by molar-refractivity contribution is -0.340. The maximum absolute atomic E-state index is 12.6. The van der Waals surface area contributed by atoms with Crippen molar-refractivity contribution in [3.8, 4) is 0 Å². The third kappa shape index (κ3) is 5.55. The van der Waals surface area contributed by atoms with Crippen molar-refractivity contribution in [1.82, 2.24) is 0 Å². The molecule has 0 bridgehead atoms. The molecule has 37 heavy (non-hydrogen) atoms. The van der Waals surface area contributed by atoms with Crippen LogP contribution >= 0.6 is 0 Å². The summed E-state index contributed by atoms with van der Waals surface area (Å²) in [5, 5.41) is 50.8. The van der Waals surface area contributed by atoms with Crippen molar-refractivity contribution < 1.29 is 58.8 Å². The minimum atomic E-state index is -1.70. The minimum absolute atomic E-state index is 0.0358. The van der Waals surface area contributed by atoms with E-state index in [2.05, 4.69) is 0 Å². The van der Waals surface area contributed by atoms with Crippen LogP contribution in [0.5, 0.6) is 0 Å². The summed E-state index contributed by atoms with van der Waals surface area (Å²) in [5.41, 5.74) is 0.735. The zero-order chi connectivity index (χ0) is 26.7. The summed E-state index contributed by atoms with van der Waals surface area (Å²) in [6.45, 7) is 0.792. The number of ether oxygens (including phenoxy) is 5. The van der Waals surface area contributed by atoms with Gasteiger partial charge in [0.25, 0.3) is 0 Å². The number of benzene rings is 1. The van der Waals surface area contributed by atoms with E-state index in [1.165, 1.54) is 6.08 Å². The number of aliphatic hydroxyl groups is 5. The van der Waals surface area contributed by atoms with Gasteiger partial charge in [0.15, 0.2) is 6.29 Å². The summed E-state index contributed by atoms with van der Waals surface area (Å²) in [7, 11) is 0. The molecule has 1 unspecified atom stereocenters. The number of fused-ring (bicyclic) bond motifs is 1. The average Bonchev–Trinajstić information content (AvgIpc) is 3.24. The zero-order valence-electron chi connectivity index (χ0n) is 20.0. The molecule has 9 atom stereocenters. The Bertz CT molecular complexity index is 1020. The molecule has 0 aromatic heterocycles. The summed E-state index contributed by atoms with van der Waals surface area (Å²) < 4.78 is 27.4. The Morgan fingerprint density at radius 3 is 2.32 bits per heavy atom. The first kappa shape index (κ1) is 27.2. The van der Waals surface area contributed by atoms with E-state index in [0.717, 1.165) is 6.26 Å². The van der Waals surface area contributed by atoms with Gasteiger partial charge in [-0.1, -0.05) is 24.3 Å². The summed E-state index contributed by atoms with van der Waals surface area (Å²) >= 11 is 0. The van der Waals surface area contributed by atoms with E-state index in [-0.39, 0.29) is 18.8 Å². The number of hydrogen-bond acceptors (Lipinski definition) is 12. The van der Waals surface area contributed by atoms with Crippen LogP contribution < -0.4 is 0 Å². The molecule has 12 nitrogen and oxygen atoms in total. The molecule has 5 N–H and O–H groups in total. The molecule has 0 amide bonds. The molecular formula is C25H30O12. The Balaban J connectivity index is 1.57. The van der Waals surface area contributed by atoms with Crippen LogP contribution in [0.2, 0.25) is 0 Å². The zero-order valence-corrected chi connectivity index (χ0v) is 20.0. The van der Waals surface area contributed by atoms with Gasteiger partial charge in [-0.3, -0.25) is 0 Å². The van der Waals surface area contributed by atoms with Crippen LogP contribution in [0.25, 0.3) is 0 Å². The summed E-state index contributed by atoms with van der Waals surface area (Å²) in [4.78, 5) is 25.1. The highest BCUT2D eigenvalue weighted by Gasteiger charge is 2.52. The van der Waals surface area contributed by atoms with E-state index >= 15 is 0 Å². The van der Waals surface area contributed by atoms with Gasteiger partial charge in [0.2, 0.25) is 6.29 Å². The van der Waals surface area contributed by atoms with Crippen molar-refractivity contribution in [3.63, 3.8) is 0 Å². The Morgan fingerprint density at radius 2 is 1.65 bits per heavy atom. The van der Waals surface area contributed by atoms with Gasteiger partial charge in [-0.25, -0.2) is 9.59 Å². The van der Waals surface area contributed by atoms with E-state index in [9.17, 15) is 35.1 Å². The molecule has 0 radical (unpaired) electrons. The maximum atomic E-state index is 12.6. The second-order valence-electron chi connectivity index (χ2n) is 8.86. The maximum Gasteiger partial charge on any atom is 0.338 e. The van der Waals surface area contributed by atoms with E-state index in [0.29, 0.717) is 11.1 Å². The molecular weight excluding hydrogens is 492 g/mol. The standard InChI is InChI=1S/C25H30O12/c1-2-33-23(32)14-11-35-24(37-25-21(30)20(29)19(28)16(9-26)36-25)17-13(8-15(27)18(14)17)10-34-22(31)12-6-4-3-5-7-12/h3-8,11,15-21,24-30H,2,9-10H2,1H3/t15-,16+,17+,18-,19+,20-,21+,24?,25-/m0/s1. The van der Waals surface area contributed by atoms with Crippen molar-refractivity contribution in [2.45, 2.75) is 50.0 Å². The molecule has 4 rings (SSSR count). The van der Waals surface area contributed by atoms with E-state index < -0.39 is 73.5 Å². The monoisotopic (exact) mass is 522 g/mol. The highest BCUT2D eigenvalue weighted by molar-refractivity contribution is 5.90. The number of aliphatic hydroxyl groups excluding tert-OH is 5. The normalized spacial score (nSPS) is 35.0. The third-order valence-corrected chi connectivity index (χ3v) is 6.56. The first-order valence-corrected chi connectivity index (χ1v) is 11.9. The minimum Gasteiger partial charge on any atom is -0.471 e. The molecule has 1 aliphatic carbocycles. The second kappa shape index (κ2) is 11.7. The van der Waals surface area contributed by atoms with Gasteiger partial charge >= 0.3 is 11.9 Å². The van der Waals surface area contributed by atoms with Crippen molar-refractivity contribution in [2.75, 3.05) is 19.8 Å². The largest absolute Gasteiger partial charge is 0.471 e. The average molecular weight is 523 g/mol. The molecule has 1 aromatic rings. The van der Waals surface area contributed by atoms with Crippen LogP contribution in [0, 0.1) is 11.8 Å². The number of esters is 2. The lowest BCUT2D eigenvalue weighted by Crippen LogP contribution is -2.60.